The van der Waals surface area contributed by atoms with Gasteiger partial charge in [0, 0.05) is 25.7 Å². The number of hydrogen-bond donors (Lipinski definition) is 2. The van der Waals surface area contributed by atoms with E-state index in [2.05, 4.69) is 10.3 Å². The van der Waals surface area contributed by atoms with Gasteiger partial charge in [0.15, 0.2) is 0 Å². The number of pyridine rings is 1. The lowest BCUT2D eigenvalue weighted by Crippen LogP contribution is -2.44. The second-order valence-corrected chi connectivity index (χ2v) is 4.45. The zero-order chi connectivity index (χ0) is 14.5. The maximum atomic E-state index is 11.1. The Bertz CT molecular complexity index is 483. The van der Waals surface area contributed by atoms with Crippen LogP contribution in [0.25, 0.3) is 0 Å². The number of aromatic nitrogens is 1. The lowest BCUT2D eigenvalue weighted by molar-refractivity contribution is -0.384. The first-order valence-corrected chi connectivity index (χ1v) is 6.52. The van der Waals surface area contributed by atoms with E-state index in [1.54, 1.807) is 11.0 Å². The number of ether oxygens (including phenoxy) is 1. The fourth-order valence-corrected chi connectivity index (χ4v) is 2.12. The van der Waals surface area contributed by atoms with Crippen LogP contribution in [-0.4, -0.2) is 54.0 Å². The van der Waals surface area contributed by atoms with Crippen LogP contribution in [0, 0.1) is 10.1 Å². The molecule has 1 fully saturated rings. The van der Waals surface area contributed by atoms with Gasteiger partial charge in [0.25, 0.3) is 0 Å². The molecule has 8 nitrogen and oxygen atoms in total. The quantitative estimate of drug-likeness (QED) is 0.603. The van der Waals surface area contributed by atoms with Crippen LogP contribution in [0.5, 0.6) is 0 Å². The van der Waals surface area contributed by atoms with Crippen molar-refractivity contribution in [2.24, 2.45) is 0 Å². The SMILES string of the molecule is CCNc1ccc([N+](=O)[O-])c(N2CCOC(CO)C2)n1. The number of morpholine rings is 1. The molecule has 1 aliphatic rings. The van der Waals surface area contributed by atoms with Gasteiger partial charge in [0.2, 0.25) is 5.82 Å². The van der Waals surface area contributed by atoms with Crippen LogP contribution in [0.4, 0.5) is 17.3 Å². The molecule has 0 saturated carbocycles. The topological polar surface area (TPSA) is 101 Å². The predicted octanol–water partition coefficient (Wildman–Crippen LogP) is 0.619. The molecule has 0 aromatic carbocycles. The maximum absolute atomic E-state index is 11.1. The molecule has 0 amide bonds. The molecule has 1 aromatic rings. The first kappa shape index (κ1) is 14.5. The molecule has 1 aromatic heterocycles. The minimum Gasteiger partial charge on any atom is -0.394 e. The van der Waals surface area contributed by atoms with Crippen molar-refractivity contribution >= 4 is 17.3 Å². The average molecular weight is 282 g/mol. The molecule has 1 unspecified atom stereocenters. The van der Waals surface area contributed by atoms with E-state index in [0.29, 0.717) is 37.9 Å². The Hall–Kier alpha value is -1.93. The number of rotatable bonds is 5. The van der Waals surface area contributed by atoms with Gasteiger partial charge in [-0.05, 0) is 13.0 Å². The predicted molar refractivity (Wildman–Crippen MR) is 74.1 cm³/mol. The van der Waals surface area contributed by atoms with Crippen LogP contribution in [0.1, 0.15) is 6.92 Å². The molecule has 0 aliphatic carbocycles. The molecule has 8 heteroatoms. The highest BCUT2D eigenvalue weighted by Gasteiger charge is 2.27. The van der Waals surface area contributed by atoms with Crippen molar-refractivity contribution in [1.82, 2.24) is 4.98 Å². The third kappa shape index (κ3) is 3.14. The zero-order valence-corrected chi connectivity index (χ0v) is 11.3. The van der Waals surface area contributed by atoms with Crippen molar-refractivity contribution in [3.63, 3.8) is 0 Å². The number of hydrogen-bond acceptors (Lipinski definition) is 7. The van der Waals surface area contributed by atoms with Crippen molar-refractivity contribution in [2.75, 3.05) is 43.1 Å². The Balaban J connectivity index is 2.31. The van der Waals surface area contributed by atoms with Crippen molar-refractivity contribution in [2.45, 2.75) is 13.0 Å². The van der Waals surface area contributed by atoms with Gasteiger partial charge in [-0.3, -0.25) is 10.1 Å². The molecule has 20 heavy (non-hydrogen) atoms. The number of nitro groups is 1. The maximum Gasteiger partial charge on any atom is 0.311 e. The van der Waals surface area contributed by atoms with Crippen molar-refractivity contribution in [1.29, 1.82) is 0 Å². The first-order chi connectivity index (χ1) is 9.65. The molecule has 1 saturated heterocycles. The number of aliphatic hydroxyl groups excluding tert-OH is 1. The minimum atomic E-state index is -0.443. The number of anilines is 2. The van der Waals surface area contributed by atoms with Crippen LogP contribution in [-0.2, 0) is 4.74 Å². The van der Waals surface area contributed by atoms with Crippen molar-refractivity contribution < 1.29 is 14.8 Å². The number of nitrogens with one attached hydrogen (secondary N) is 1. The molecule has 0 bridgehead atoms. The summed E-state index contributed by atoms with van der Waals surface area (Å²) < 4.78 is 5.35. The molecule has 2 N–H and O–H groups in total. The highest BCUT2D eigenvalue weighted by Crippen LogP contribution is 2.28. The summed E-state index contributed by atoms with van der Waals surface area (Å²) in [6, 6.07) is 3.04. The van der Waals surface area contributed by atoms with Gasteiger partial charge >= 0.3 is 5.69 Å². The molecule has 0 spiro atoms. The van der Waals surface area contributed by atoms with Crippen LogP contribution >= 0.6 is 0 Å². The molecule has 2 rings (SSSR count). The Morgan fingerprint density at radius 3 is 3.10 bits per heavy atom. The lowest BCUT2D eigenvalue weighted by Gasteiger charge is -2.32. The Labute approximate surface area is 116 Å². The Morgan fingerprint density at radius 2 is 2.45 bits per heavy atom. The summed E-state index contributed by atoms with van der Waals surface area (Å²) in [5.41, 5.74) is -0.0368. The van der Waals surface area contributed by atoms with E-state index in [0.717, 1.165) is 0 Å². The largest absolute Gasteiger partial charge is 0.394 e. The van der Waals surface area contributed by atoms with E-state index in [1.807, 2.05) is 6.92 Å². The second-order valence-electron chi connectivity index (χ2n) is 4.45. The summed E-state index contributed by atoms with van der Waals surface area (Å²) in [6.07, 6.45) is -0.340. The summed E-state index contributed by atoms with van der Waals surface area (Å²) in [5.74, 6) is 0.912. The highest BCUT2D eigenvalue weighted by atomic mass is 16.6. The van der Waals surface area contributed by atoms with E-state index in [4.69, 9.17) is 9.84 Å². The highest BCUT2D eigenvalue weighted by molar-refractivity contribution is 5.62. The van der Waals surface area contributed by atoms with Gasteiger partial charge in [-0.25, -0.2) is 4.98 Å². The van der Waals surface area contributed by atoms with E-state index in [1.165, 1.54) is 6.07 Å². The summed E-state index contributed by atoms with van der Waals surface area (Å²) in [7, 11) is 0. The molecule has 110 valence electrons. The standard InChI is InChI=1S/C12H18N4O4/c1-2-13-11-4-3-10(16(18)19)12(14-11)15-5-6-20-9(7-15)8-17/h3-4,9,17H,2,5-8H2,1H3,(H,13,14). The third-order valence-electron chi connectivity index (χ3n) is 3.05. The minimum absolute atomic E-state index is 0.0368. The number of aliphatic hydroxyl groups is 1. The Morgan fingerprint density at radius 1 is 1.65 bits per heavy atom. The fraction of sp³-hybridized carbons (Fsp3) is 0.583. The molecule has 2 heterocycles. The van der Waals surface area contributed by atoms with E-state index < -0.39 is 4.92 Å². The number of nitrogens with zero attached hydrogens (tertiary/aromatic N) is 3. The van der Waals surface area contributed by atoms with Gasteiger partial charge in [-0.2, -0.15) is 0 Å². The fourth-order valence-electron chi connectivity index (χ4n) is 2.12. The monoisotopic (exact) mass is 282 g/mol. The van der Waals surface area contributed by atoms with Crippen molar-refractivity contribution in [3.8, 4) is 0 Å². The molecular weight excluding hydrogens is 264 g/mol. The Kier molecular flexibility index (Phi) is 4.70. The second kappa shape index (κ2) is 6.49. The average Bonchev–Trinajstić information content (AvgIpc) is 2.47. The summed E-state index contributed by atoms with van der Waals surface area (Å²) in [4.78, 5) is 16.8. The van der Waals surface area contributed by atoms with Crippen LogP contribution in [0.2, 0.25) is 0 Å². The smallest absolute Gasteiger partial charge is 0.311 e. The molecular formula is C12H18N4O4. The zero-order valence-electron chi connectivity index (χ0n) is 11.3. The molecule has 1 aliphatic heterocycles. The van der Waals surface area contributed by atoms with Crippen molar-refractivity contribution in [3.05, 3.63) is 22.2 Å². The summed E-state index contributed by atoms with van der Waals surface area (Å²) in [5, 5.41) is 23.3. The van der Waals surface area contributed by atoms with E-state index in [9.17, 15) is 10.1 Å². The van der Waals surface area contributed by atoms with Gasteiger partial charge in [0.1, 0.15) is 5.82 Å². The van der Waals surface area contributed by atoms with Gasteiger partial charge in [-0.1, -0.05) is 0 Å². The van der Waals surface area contributed by atoms with Crippen LogP contribution in [0.15, 0.2) is 12.1 Å². The van der Waals surface area contributed by atoms with Gasteiger partial charge < -0.3 is 20.1 Å². The van der Waals surface area contributed by atoms with Crippen LogP contribution < -0.4 is 10.2 Å². The molecule has 1 atom stereocenters. The third-order valence-corrected chi connectivity index (χ3v) is 3.05. The summed E-state index contributed by atoms with van der Waals surface area (Å²) >= 11 is 0. The van der Waals surface area contributed by atoms with Gasteiger partial charge in [-0.15, -0.1) is 0 Å². The van der Waals surface area contributed by atoms with E-state index >= 15 is 0 Å². The normalized spacial score (nSPS) is 18.9. The first-order valence-electron chi connectivity index (χ1n) is 6.52. The lowest BCUT2D eigenvalue weighted by atomic mass is 10.2. The van der Waals surface area contributed by atoms with Gasteiger partial charge in [0.05, 0.1) is 24.2 Å². The van der Waals surface area contributed by atoms with Crippen LogP contribution in [0.3, 0.4) is 0 Å². The summed E-state index contributed by atoms with van der Waals surface area (Å²) in [6.45, 7) is 3.82. The van der Waals surface area contributed by atoms with E-state index in [-0.39, 0.29) is 18.4 Å². The molecule has 0 radical (unpaired) electrons.